The predicted molar refractivity (Wildman–Crippen MR) is 87.1 cm³/mol. The van der Waals surface area contributed by atoms with Gasteiger partial charge in [0.15, 0.2) is 0 Å². The Kier molecular flexibility index (Phi) is 5.13. The van der Waals surface area contributed by atoms with Gasteiger partial charge in [0.1, 0.15) is 0 Å². The molecule has 0 N–H and O–H groups in total. The SMILES string of the molecule is CC(C)(C)[Si](C)(C)OCc1c[c]([Sn]([CH3])([CH3])[CH3])sn1. The summed E-state index contributed by atoms with van der Waals surface area (Å²) in [7, 11) is -1.64. The van der Waals surface area contributed by atoms with Crippen LogP contribution in [0.5, 0.6) is 0 Å². The van der Waals surface area contributed by atoms with Gasteiger partial charge in [-0.3, -0.25) is 0 Å². The second kappa shape index (κ2) is 5.54. The van der Waals surface area contributed by atoms with Crippen LogP contribution >= 0.6 is 11.5 Å². The number of aromatic nitrogens is 1. The van der Waals surface area contributed by atoms with Crippen LogP contribution in [-0.4, -0.2) is 31.1 Å². The van der Waals surface area contributed by atoms with Crippen LogP contribution in [0, 0.1) is 0 Å². The molecule has 0 aliphatic carbocycles. The Morgan fingerprint density at radius 2 is 1.83 bits per heavy atom. The Hall–Kier alpha value is 0.606. The van der Waals surface area contributed by atoms with Crippen molar-refractivity contribution < 1.29 is 4.43 Å². The van der Waals surface area contributed by atoms with Crippen molar-refractivity contribution >= 4 is 41.1 Å². The summed E-state index contributed by atoms with van der Waals surface area (Å²) in [4.78, 5) is 7.29. The van der Waals surface area contributed by atoms with Crippen LogP contribution in [0.3, 0.4) is 0 Å². The van der Waals surface area contributed by atoms with Crippen LogP contribution in [0.2, 0.25) is 33.0 Å². The first-order valence-corrected chi connectivity index (χ1v) is 20.2. The molecule has 0 saturated carbocycles. The van der Waals surface area contributed by atoms with E-state index in [-0.39, 0.29) is 5.04 Å². The number of rotatable bonds is 4. The summed E-state index contributed by atoms with van der Waals surface area (Å²) < 4.78 is 12.3. The molecule has 0 unspecified atom stereocenters. The molecule has 0 aliphatic heterocycles. The zero-order valence-electron chi connectivity index (χ0n) is 13.0. The zero-order chi connectivity index (χ0) is 14.2. The molecule has 1 aromatic rings. The summed E-state index contributed by atoms with van der Waals surface area (Å²) in [5, 5.41) is 0.273. The minimum absolute atomic E-state index is 0.273. The summed E-state index contributed by atoms with van der Waals surface area (Å²) in [5.74, 6) is 0. The molecule has 0 fully saturated rings. The maximum absolute atomic E-state index is 6.21. The minimum atomic E-state index is -1.93. The van der Waals surface area contributed by atoms with E-state index in [1.807, 2.05) is 0 Å². The van der Waals surface area contributed by atoms with E-state index in [2.05, 4.69) is 59.1 Å². The molecule has 1 rings (SSSR count). The van der Waals surface area contributed by atoms with Gasteiger partial charge in [-0.05, 0) is 0 Å². The van der Waals surface area contributed by atoms with E-state index in [0.717, 1.165) is 5.69 Å². The molecule has 0 aliphatic rings. The normalized spacial score (nSPS) is 14.0. The Labute approximate surface area is 121 Å². The van der Waals surface area contributed by atoms with E-state index in [9.17, 15) is 0 Å². The Bertz CT molecular complexity index is 404. The van der Waals surface area contributed by atoms with Crippen LogP contribution in [0.25, 0.3) is 0 Å². The van der Waals surface area contributed by atoms with Crippen LogP contribution < -0.4 is 2.89 Å². The third-order valence-corrected chi connectivity index (χ3v) is 18.3. The Morgan fingerprint density at radius 1 is 1.28 bits per heavy atom. The summed E-state index contributed by atoms with van der Waals surface area (Å²) in [5.41, 5.74) is 1.13. The zero-order valence-corrected chi connectivity index (χ0v) is 17.7. The maximum atomic E-state index is 6.21. The van der Waals surface area contributed by atoms with Gasteiger partial charge in [-0.15, -0.1) is 0 Å². The van der Waals surface area contributed by atoms with E-state index in [1.165, 1.54) is 2.89 Å². The molecule has 2 nitrogen and oxygen atoms in total. The van der Waals surface area contributed by atoms with Gasteiger partial charge in [-0.2, -0.15) is 0 Å². The van der Waals surface area contributed by atoms with Gasteiger partial charge in [0.2, 0.25) is 0 Å². The molecule has 1 aromatic heterocycles. The fourth-order valence-electron chi connectivity index (χ4n) is 1.20. The molecular formula is C13H27NOSSiSn. The molecule has 0 amide bonds. The van der Waals surface area contributed by atoms with Gasteiger partial charge >= 0.3 is 122 Å². The van der Waals surface area contributed by atoms with Gasteiger partial charge in [-0.25, -0.2) is 0 Å². The van der Waals surface area contributed by atoms with Crippen molar-refractivity contribution in [2.45, 2.75) is 60.3 Å². The Balaban J connectivity index is 2.68. The van der Waals surface area contributed by atoms with E-state index in [0.29, 0.717) is 6.61 Å². The first-order valence-electron chi connectivity index (χ1n) is 6.53. The van der Waals surface area contributed by atoms with Gasteiger partial charge in [0, 0.05) is 0 Å². The van der Waals surface area contributed by atoms with Crippen LogP contribution in [0.15, 0.2) is 6.07 Å². The molecule has 0 spiro atoms. The first kappa shape index (κ1) is 16.7. The van der Waals surface area contributed by atoms with Crippen molar-refractivity contribution in [1.29, 1.82) is 0 Å². The standard InChI is InChI=1S/C10H18NOSSi.3CH3.Sn/c1-10(2,3)14(4,5)12-8-9-6-7-13-11-9;;;;/h6H,8H2,1-5H3;3*1H3;. The second-order valence-corrected chi connectivity index (χ2v) is 28.5. The molecular weight excluding hydrogens is 365 g/mol. The van der Waals surface area contributed by atoms with Crippen LogP contribution in [0.4, 0.5) is 0 Å². The van der Waals surface area contributed by atoms with Gasteiger partial charge in [0.25, 0.3) is 0 Å². The second-order valence-electron chi connectivity index (χ2n) is 7.48. The topological polar surface area (TPSA) is 22.1 Å². The van der Waals surface area contributed by atoms with Crippen LogP contribution in [0.1, 0.15) is 26.5 Å². The van der Waals surface area contributed by atoms with Crippen molar-refractivity contribution in [1.82, 2.24) is 4.37 Å². The van der Waals surface area contributed by atoms with E-state index in [4.69, 9.17) is 4.43 Å². The number of hydrogen-bond acceptors (Lipinski definition) is 3. The fourth-order valence-corrected chi connectivity index (χ4v) is 7.38. The van der Waals surface area contributed by atoms with E-state index < -0.39 is 26.7 Å². The monoisotopic (exact) mass is 393 g/mol. The third kappa shape index (κ3) is 4.32. The average molecular weight is 392 g/mol. The molecule has 0 saturated heterocycles. The van der Waals surface area contributed by atoms with Crippen molar-refractivity contribution in [3.63, 3.8) is 0 Å². The number of nitrogens with zero attached hydrogens (tertiary/aromatic N) is 1. The summed E-state index contributed by atoms with van der Waals surface area (Å²) >= 11 is -0.236. The fraction of sp³-hybridized carbons (Fsp3) is 0.769. The molecule has 0 radical (unpaired) electrons. The molecule has 5 heteroatoms. The summed E-state index contributed by atoms with van der Waals surface area (Å²) in [6.07, 6.45) is 0. The molecule has 0 aromatic carbocycles. The molecule has 18 heavy (non-hydrogen) atoms. The summed E-state index contributed by atoms with van der Waals surface area (Å²) in [6.45, 7) is 12.1. The quantitative estimate of drug-likeness (QED) is 0.717. The van der Waals surface area contributed by atoms with Gasteiger partial charge in [0.05, 0.1) is 0 Å². The van der Waals surface area contributed by atoms with Gasteiger partial charge in [-0.1, -0.05) is 0 Å². The number of hydrogen-bond donors (Lipinski definition) is 0. The van der Waals surface area contributed by atoms with Crippen molar-refractivity contribution in [2.24, 2.45) is 0 Å². The van der Waals surface area contributed by atoms with Gasteiger partial charge < -0.3 is 0 Å². The van der Waals surface area contributed by atoms with Crippen molar-refractivity contribution in [3.8, 4) is 0 Å². The first-order chi connectivity index (χ1) is 7.93. The Morgan fingerprint density at radius 3 is 2.22 bits per heavy atom. The summed E-state index contributed by atoms with van der Waals surface area (Å²) in [6, 6.07) is 2.29. The van der Waals surface area contributed by atoms with E-state index in [1.54, 1.807) is 11.5 Å². The average Bonchev–Trinajstić information content (AvgIpc) is 2.60. The molecule has 0 bridgehead atoms. The van der Waals surface area contributed by atoms with Crippen molar-refractivity contribution in [2.75, 3.05) is 0 Å². The van der Waals surface area contributed by atoms with E-state index >= 15 is 0 Å². The van der Waals surface area contributed by atoms with Crippen molar-refractivity contribution in [3.05, 3.63) is 11.8 Å². The van der Waals surface area contributed by atoms with Crippen LogP contribution in [-0.2, 0) is 11.0 Å². The molecule has 1 heterocycles. The molecule has 0 atom stereocenters. The predicted octanol–water partition coefficient (Wildman–Crippen LogP) is 4.21. The molecule has 104 valence electrons. The third-order valence-electron chi connectivity index (χ3n) is 3.69.